The SMILES string of the molecule is NC(=O)c1ccc(F)c(Cn2ccc3c(Br)cccc32)c1. The zero-order valence-corrected chi connectivity index (χ0v) is 12.6. The number of hydrogen-bond acceptors (Lipinski definition) is 1. The Bertz CT molecular complexity index is 841. The molecule has 1 amide bonds. The lowest BCUT2D eigenvalue weighted by atomic mass is 10.1. The van der Waals surface area contributed by atoms with Crippen molar-refractivity contribution in [2.45, 2.75) is 6.54 Å². The van der Waals surface area contributed by atoms with Crippen molar-refractivity contribution in [2.75, 3.05) is 0 Å². The fraction of sp³-hybridized carbons (Fsp3) is 0.0625. The van der Waals surface area contributed by atoms with Gasteiger partial charge in [-0.25, -0.2) is 4.39 Å². The molecule has 0 unspecified atom stereocenters. The maximum atomic E-state index is 13.9. The predicted octanol–water partition coefficient (Wildman–Crippen LogP) is 3.69. The van der Waals surface area contributed by atoms with Gasteiger partial charge in [-0.1, -0.05) is 22.0 Å². The lowest BCUT2D eigenvalue weighted by Crippen LogP contribution is -2.12. The van der Waals surface area contributed by atoms with Crippen LogP contribution < -0.4 is 5.73 Å². The molecule has 1 aromatic heterocycles. The molecule has 0 aliphatic heterocycles. The molecule has 2 aromatic carbocycles. The van der Waals surface area contributed by atoms with Crippen LogP contribution in [0.4, 0.5) is 4.39 Å². The summed E-state index contributed by atoms with van der Waals surface area (Å²) in [6, 6.07) is 12.0. The Balaban J connectivity index is 2.04. The molecule has 3 aromatic rings. The van der Waals surface area contributed by atoms with E-state index in [0.29, 0.717) is 17.7 Å². The summed E-state index contributed by atoms with van der Waals surface area (Å²) in [7, 11) is 0. The van der Waals surface area contributed by atoms with Gasteiger partial charge in [0, 0.05) is 32.7 Å². The number of amides is 1. The minimum atomic E-state index is -0.559. The van der Waals surface area contributed by atoms with Gasteiger partial charge in [-0.15, -0.1) is 0 Å². The third kappa shape index (κ3) is 2.56. The second-order valence-corrected chi connectivity index (χ2v) is 5.64. The number of carbonyl (C=O) groups excluding carboxylic acids is 1. The Labute approximate surface area is 129 Å². The van der Waals surface area contributed by atoms with Crippen LogP contribution in [0.3, 0.4) is 0 Å². The summed E-state index contributed by atoms with van der Waals surface area (Å²) in [5.74, 6) is -0.909. The number of primary amides is 1. The fourth-order valence-electron chi connectivity index (χ4n) is 2.36. The number of nitrogens with two attached hydrogens (primary N) is 1. The van der Waals surface area contributed by atoms with Crippen LogP contribution in [0.25, 0.3) is 10.9 Å². The first-order chi connectivity index (χ1) is 10.1. The van der Waals surface area contributed by atoms with E-state index in [1.54, 1.807) is 0 Å². The Kier molecular flexibility index (Phi) is 3.51. The average Bonchev–Trinajstić information content (AvgIpc) is 2.86. The van der Waals surface area contributed by atoms with E-state index in [-0.39, 0.29) is 5.82 Å². The van der Waals surface area contributed by atoms with Crippen molar-refractivity contribution in [3.05, 3.63) is 70.1 Å². The summed E-state index contributed by atoms with van der Waals surface area (Å²) in [4.78, 5) is 11.2. The van der Waals surface area contributed by atoms with Crippen LogP contribution in [0, 0.1) is 5.82 Å². The lowest BCUT2D eigenvalue weighted by molar-refractivity contribution is 0.1000. The molecule has 0 aliphatic rings. The van der Waals surface area contributed by atoms with Crippen molar-refractivity contribution in [3.8, 4) is 0 Å². The summed E-state index contributed by atoms with van der Waals surface area (Å²) in [5.41, 5.74) is 6.98. The van der Waals surface area contributed by atoms with Gasteiger partial charge in [-0.05, 0) is 36.4 Å². The Hall–Kier alpha value is -2.14. The number of fused-ring (bicyclic) bond motifs is 1. The van der Waals surface area contributed by atoms with Gasteiger partial charge >= 0.3 is 0 Å². The van der Waals surface area contributed by atoms with E-state index in [9.17, 15) is 9.18 Å². The van der Waals surface area contributed by atoms with Crippen LogP contribution in [-0.4, -0.2) is 10.5 Å². The average molecular weight is 347 g/mol. The molecular formula is C16H12BrFN2O. The van der Waals surface area contributed by atoms with Crippen LogP contribution in [-0.2, 0) is 6.54 Å². The number of aromatic nitrogens is 1. The highest BCUT2D eigenvalue weighted by molar-refractivity contribution is 9.10. The minimum Gasteiger partial charge on any atom is -0.366 e. The van der Waals surface area contributed by atoms with Gasteiger partial charge in [0.2, 0.25) is 5.91 Å². The summed E-state index contributed by atoms with van der Waals surface area (Å²) < 4.78 is 16.9. The molecule has 0 bridgehead atoms. The monoisotopic (exact) mass is 346 g/mol. The van der Waals surface area contributed by atoms with Gasteiger partial charge in [0.15, 0.2) is 0 Å². The molecule has 106 valence electrons. The minimum absolute atomic E-state index is 0.309. The van der Waals surface area contributed by atoms with E-state index in [2.05, 4.69) is 15.9 Å². The molecule has 0 atom stereocenters. The van der Waals surface area contributed by atoms with Crippen molar-refractivity contribution in [2.24, 2.45) is 5.73 Å². The Morgan fingerprint density at radius 1 is 1.24 bits per heavy atom. The third-order valence-corrected chi connectivity index (χ3v) is 4.12. The van der Waals surface area contributed by atoms with Crippen molar-refractivity contribution < 1.29 is 9.18 Å². The molecule has 0 saturated carbocycles. The largest absolute Gasteiger partial charge is 0.366 e. The molecule has 2 N–H and O–H groups in total. The van der Waals surface area contributed by atoms with E-state index in [1.807, 2.05) is 35.0 Å². The highest BCUT2D eigenvalue weighted by Crippen LogP contribution is 2.25. The zero-order chi connectivity index (χ0) is 15.0. The van der Waals surface area contributed by atoms with Crippen LogP contribution >= 0.6 is 15.9 Å². The lowest BCUT2D eigenvalue weighted by Gasteiger charge is -2.08. The van der Waals surface area contributed by atoms with Gasteiger partial charge in [-0.2, -0.15) is 0 Å². The number of nitrogens with zero attached hydrogens (tertiary/aromatic N) is 1. The highest BCUT2D eigenvalue weighted by atomic mass is 79.9. The Morgan fingerprint density at radius 2 is 2.05 bits per heavy atom. The first-order valence-electron chi connectivity index (χ1n) is 6.38. The van der Waals surface area contributed by atoms with Crippen molar-refractivity contribution in [3.63, 3.8) is 0 Å². The molecular weight excluding hydrogens is 335 g/mol. The molecule has 0 aliphatic carbocycles. The van der Waals surface area contributed by atoms with Gasteiger partial charge in [-0.3, -0.25) is 4.79 Å². The number of carbonyl (C=O) groups is 1. The van der Waals surface area contributed by atoms with Crippen molar-refractivity contribution in [1.82, 2.24) is 4.57 Å². The van der Waals surface area contributed by atoms with E-state index < -0.39 is 5.91 Å². The molecule has 3 nitrogen and oxygen atoms in total. The Morgan fingerprint density at radius 3 is 2.81 bits per heavy atom. The maximum Gasteiger partial charge on any atom is 0.248 e. The first kappa shape index (κ1) is 13.8. The zero-order valence-electron chi connectivity index (χ0n) is 11.0. The molecule has 0 saturated heterocycles. The first-order valence-corrected chi connectivity index (χ1v) is 7.17. The standard InChI is InChI=1S/C16H12BrFN2O/c17-13-2-1-3-15-12(13)6-7-20(15)9-11-8-10(16(19)21)4-5-14(11)18/h1-8H,9H2,(H2,19,21). The van der Waals surface area contributed by atoms with Gasteiger partial charge in [0.25, 0.3) is 0 Å². The number of halogens is 2. The second-order valence-electron chi connectivity index (χ2n) is 4.79. The van der Waals surface area contributed by atoms with E-state index in [0.717, 1.165) is 15.4 Å². The van der Waals surface area contributed by atoms with Crippen LogP contribution in [0.15, 0.2) is 53.1 Å². The molecule has 0 radical (unpaired) electrons. The highest BCUT2D eigenvalue weighted by Gasteiger charge is 2.10. The van der Waals surface area contributed by atoms with Gasteiger partial charge < -0.3 is 10.3 Å². The summed E-state index contributed by atoms with van der Waals surface area (Å²) >= 11 is 3.49. The smallest absolute Gasteiger partial charge is 0.248 e. The molecule has 0 fully saturated rings. The number of benzene rings is 2. The quantitative estimate of drug-likeness (QED) is 0.772. The van der Waals surface area contributed by atoms with Crippen LogP contribution in [0.5, 0.6) is 0 Å². The molecule has 21 heavy (non-hydrogen) atoms. The van der Waals surface area contributed by atoms with Crippen LogP contribution in [0.2, 0.25) is 0 Å². The topological polar surface area (TPSA) is 48.0 Å². The molecule has 3 rings (SSSR count). The maximum absolute atomic E-state index is 13.9. The van der Waals surface area contributed by atoms with Crippen molar-refractivity contribution >= 4 is 32.7 Å². The van der Waals surface area contributed by atoms with E-state index >= 15 is 0 Å². The molecule has 1 heterocycles. The van der Waals surface area contributed by atoms with Crippen LogP contribution in [0.1, 0.15) is 15.9 Å². The predicted molar refractivity (Wildman–Crippen MR) is 83.7 cm³/mol. The summed E-state index contributed by atoms with van der Waals surface area (Å²) in [6.07, 6.45) is 1.89. The van der Waals surface area contributed by atoms with E-state index in [1.165, 1.54) is 18.2 Å². The fourth-order valence-corrected chi connectivity index (χ4v) is 2.84. The normalized spacial score (nSPS) is 11.0. The summed E-state index contributed by atoms with van der Waals surface area (Å²) in [5, 5.41) is 1.06. The molecule has 0 spiro atoms. The molecule has 5 heteroatoms. The van der Waals surface area contributed by atoms with Crippen molar-refractivity contribution in [1.29, 1.82) is 0 Å². The summed E-state index contributed by atoms with van der Waals surface area (Å²) in [6.45, 7) is 0.340. The second kappa shape index (κ2) is 5.33. The van der Waals surface area contributed by atoms with Gasteiger partial charge in [0.05, 0.1) is 6.54 Å². The number of rotatable bonds is 3. The van der Waals surface area contributed by atoms with E-state index in [4.69, 9.17) is 5.73 Å². The number of hydrogen-bond donors (Lipinski definition) is 1. The third-order valence-electron chi connectivity index (χ3n) is 3.43. The van der Waals surface area contributed by atoms with Gasteiger partial charge in [0.1, 0.15) is 5.82 Å².